The topological polar surface area (TPSA) is 44.1 Å². The van der Waals surface area contributed by atoms with Gasteiger partial charge < -0.3 is 0 Å². The molecule has 0 radical (unpaired) electrons. The molecule has 9 heavy (non-hydrogen) atoms. The van der Waals surface area contributed by atoms with Gasteiger partial charge in [-0.1, -0.05) is 0 Å². The lowest BCUT2D eigenvalue weighted by Crippen LogP contribution is -2.13. The van der Waals surface area contributed by atoms with Crippen molar-refractivity contribution in [3.8, 4) is 6.07 Å². The van der Waals surface area contributed by atoms with E-state index in [2.05, 4.69) is 0 Å². The van der Waals surface area contributed by atoms with Crippen LogP contribution in [0.15, 0.2) is 0 Å². The second-order valence-electron chi connectivity index (χ2n) is 2.34. The molecule has 1 fully saturated rings. The highest BCUT2D eigenvalue weighted by molar-refractivity contribution is 5.87. The Labute approximate surface area is 53.9 Å². The fraction of sp³-hybridized carbons (Fsp3) is 0.667. The molecule has 0 saturated carbocycles. The zero-order chi connectivity index (χ0) is 6.85. The number of carbonyl (C=O) groups excluding carboxylic acids is 1. The van der Waals surface area contributed by atoms with Crippen LogP contribution >= 0.6 is 0 Å². The second-order valence-corrected chi connectivity index (χ2v) is 2.34. The first-order valence-electron chi connectivity index (χ1n) is 2.85. The summed E-state index contributed by atoms with van der Waals surface area (Å²) in [4.78, 5) is 12.6. The van der Waals surface area contributed by atoms with Gasteiger partial charge in [0.05, 0.1) is 12.6 Å². The van der Waals surface area contributed by atoms with Gasteiger partial charge in [0, 0.05) is 6.54 Å². The largest absolute Gasteiger partial charge is 0.297 e. The number of carbonyl (C=O) groups is 1. The van der Waals surface area contributed by atoms with Crippen LogP contribution in [0.5, 0.6) is 0 Å². The van der Waals surface area contributed by atoms with Crippen molar-refractivity contribution in [1.82, 2.24) is 4.90 Å². The molecule has 0 aliphatic carbocycles. The Bertz CT molecular complexity index is 170. The first-order valence-corrected chi connectivity index (χ1v) is 2.85. The second kappa shape index (κ2) is 2.16. The molecule has 1 saturated heterocycles. The molecule has 1 aliphatic heterocycles. The van der Waals surface area contributed by atoms with Gasteiger partial charge in [-0.25, -0.2) is 0 Å². The van der Waals surface area contributed by atoms with Crippen LogP contribution in [-0.4, -0.2) is 30.8 Å². The van der Waals surface area contributed by atoms with Crippen LogP contribution in [0, 0.1) is 17.2 Å². The van der Waals surface area contributed by atoms with Gasteiger partial charge in [-0.15, -0.1) is 0 Å². The quantitative estimate of drug-likeness (QED) is 0.443. The smallest absolute Gasteiger partial charge is 0.165 e. The van der Waals surface area contributed by atoms with Crippen molar-refractivity contribution in [2.75, 3.05) is 20.1 Å². The minimum absolute atomic E-state index is 0.0556. The van der Waals surface area contributed by atoms with E-state index >= 15 is 0 Å². The van der Waals surface area contributed by atoms with E-state index in [-0.39, 0.29) is 11.7 Å². The highest BCUT2D eigenvalue weighted by Crippen LogP contribution is 2.08. The molecule has 1 rings (SSSR count). The van der Waals surface area contributed by atoms with Gasteiger partial charge in [0.15, 0.2) is 5.78 Å². The van der Waals surface area contributed by atoms with Crippen molar-refractivity contribution in [1.29, 1.82) is 5.26 Å². The molecule has 1 heterocycles. The van der Waals surface area contributed by atoms with Gasteiger partial charge in [-0.2, -0.15) is 5.26 Å². The Balaban J connectivity index is 2.61. The van der Waals surface area contributed by atoms with E-state index in [1.807, 2.05) is 18.0 Å². The summed E-state index contributed by atoms with van der Waals surface area (Å²) in [7, 11) is 1.84. The number of Topliss-reactive ketones (excluding diaryl/α,β-unsaturated/α-hetero) is 1. The number of nitriles is 1. The molecule has 0 N–H and O–H groups in total. The van der Waals surface area contributed by atoms with Crippen molar-refractivity contribution < 1.29 is 4.79 Å². The Morgan fingerprint density at radius 3 is 2.78 bits per heavy atom. The number of hydrogen-bond donors (Lipinski definition) is 0. The van der Waals surface area contributed by atoms with Crippen molar-refractivity contribution in [2.45, 2.75) is 0 Å². The molecule has 1 aliphatic rings. The van der Waals surface area contributed by atoms with Gasteiger partial charge in [0.2, 0.25) is 0 Å². The molecule has 1 atom stereocenters. The summed E-state index contributed by atoms with van der Waals surface area (Å²) >= 11 is 0. The lowest BCUT2D eigenvalue weighted by molar-refractivity contribution is -0.118. The van der Waals surface area contributed by atoms with Crippen molar-refractivity contribution in [2.24, 2.45) is 5.92 Å². The average molecular weight is 124 g/mol. The zero-order valence-electron chi connectivity index (χ0n) is 5.29. The first-order chi connectivity index (χ1) is 4.24. The lowest BCUT2D eigenvalue weighted by Gasteiger charge is -2.00. The fourth-order valence-corrected chi connectivity index (χ4v) is 0.967. The third-order valence-electron chi connectivity index (χ3n) is 1.46. The van der Waals surface area contributed by atoms with Gasteiger partial charge >= 0.3 is 0 Å². The summed E-state index contributed by atoms with van der Waals surface area (Å²) in [5, 5.41) is 8.36. The number of ketones is 1. The molecule has 3 heteroatoms. The number of nitrogens with zero attached hydrogens (tertiary/aromatic N) is 2. The van der Waals surface area contributed by atoms with Gasteiger partial charge in [0.25, 0.3) is 0 Å². The molecule has 3 nitrogen and oxygen atoms in total. The summed E-state index contributed by atoms with van der Waals surface area (Å²) in [6.45, 7) is 1.05. The Hall–Kier alpha value is -0.880. The first kappa shape index (κ1) is 6.24. The number of likely N-dealkylation sites (tertiary alicyclic amines) is 1. The number of rotatable bonds is 0. The molecule has 0 amide bonds. The van der Waals surface area contributed by atoms with Gasteiger partial charge in [-0.05, 0) is 7.05 Å². The summed E-state index contributed by atoms with van der Waals surface area (Å²) in [5.41, 5.74) is 0. The standard InChI is InChI=1S/C6H8N2O/c1-8-3-5(2-7)6(9)4-8/h5H,3-4H2,1H3. The Kier molecular flexibility index (Phi) is 1.50. The Morgan fingerprint density at radius 2 is 2.56 bits per heavy atom. The molecular formula is C6H8N2O. The molecular weight excluding hydrogens is 116 g/mol. The highest BCUT2D eigenvalue weighted by Gasteiger charge is 2.27. The molecule has 48 valence electrons. The van der Waals surface area contributed by atoms with Crippen LogP contribution in [0.3, 0.4) is 0 Å². The van der Waals surface area contributed by atoms with Crippen LogP contribution in [0.4, 0.5) is 0 Å². The fourth-order valence-electron chi connectivity index (χ4n) is 0.967. The number of likely N-dealkylation sites (N-methyl/N-ethyl adjacent to an activating group) is 1. The van der Waals surface area contributed by atoms with Crippen LogP contribution in [0.2, 0.25) is 0 Å². The van der Waals surface area contributed by atoms with Crippen molar-refractivity contribution in [3.63, 3.8) is 0 Å². The molecule has 0 bridgehead atoms. The van der Waals surface area contributed by atoms with Crippen LogP contribution in [0.25, 0.3) is 0 Å². The van der Waals surface area contributed by atoms with Crippen molar-refractivity contribution >= 4 is 5.78 Å². The van der Waals surface area contributed by atoms with E-state index in [1.54, 1.807) is 0 Å². The predicted molar refractivity (Wildman–Crippen MR) is 31.6 cm³/mol. The third-order valence-corrected chi connectivity index (χ3v) is 1.46. The summed E-state index contributed by atoms with van der Waals surface area (Å²) < 4.78 is 0. The van der Waals surface area contributed by atoms with E-state index in [9.17, 15) is 4.79 Å². The van der Waals surface area contributed by atoms with E-state index < -0.39 is 0 Å². The minimum atomic E-state index is -0.366. The molecule has 0 spiro atoms. The zero-order valence-corrected chi connectivity index (χ0v) is 5.29. The van der Waals surface area contributed by atoms with Gasteiger partial charge in [-0.3, -0.25) is 9.69 Å². The van der Waals surface area contributed by atoms with Crippen LogP contribution < -0.4 is 0 Å². The normalized spacial score (nSPS) is 28.4. The molecule has 0 aromatic rings. The molecule has 1 unspecified atom stereocenters. The van der Waals surface area contributed by atoms with Crippen molar-refractivity contribution in [3.05, 3.63) is 0 Å². The molecule has 0 aromatic carbocycles. The lowest BCUT2D eigenvalue weighted by atomic mass is 10.1. The third kappa shape index (κ3) is 1.08. The SMILES string of the molecule is CN1CC(=O)C(C#N)C1. The van der Waals surface area contributed by atoms with Crippen LogP contribution in [0.1, 0.15) is 0 Å². The summed E-state index contributed by atoms with van der Waals surface area (Å²) in [6, 6.07) is 1.95. The van der Waals surface area contributed by atoms with E-state index in [0.717, 1.165) is 0 Å². The highest BCUT2D eigenvalue weighted by atomic mass is 16.1. The maximum atomic E-state index is 10.8. The monoisotopic (exact) mass is 124 g/mol. The minimum Gasteiger partial charge on any atom is -0.297 e. The maximum Gasteiger partial charge on any atom is 0.165 e. The maximum absolute atomic E-state index is 10.8. The summed E-state index contributed by atoms with van der Waals surface area (Å²) in [6.07, 6.45) is 0. The van der Waals surface area contributed by atoms with E-state index in [0.29, 0.717) is 13.1 Å². The van der Waals surface area contributed by atoms with E-state index in [1.165, 1.54) is 0 Å². The average Bonchev–Trinajstić information content (AvgIpc) is 2.10. The Morgan fingerprint density at radius 1 is 1.89 bits per heavy atom. The predicted octanol–water partition coefficient (Wildman–Crippen LogP) is -0.359. The van der Waals surface area contributed by atoms with Crippen LogP contribution in [-0.2, 0) is 4.79 Å². The number of hydrogen-bond acceptors (Lipinski definition) is 3. The molecule has 0 aromatic heterocycles. The van der Waals surface area contributed by atoms with E-state index in [4.69, 9.17) is 5.26 Å². The summed E-state index contributed by atoms with van der Waals surface area (Å²) in [5.74, 6) is -0.310. The van der Waals surface area contributed by atoms with Gasteiger partial charge in [0.1, 0.15) is 5.92 Å².